The summed E-state index contributed by atoms with van der Waals surface area (Å²) in [6.45, 7) is 10.7. The number of nitrogens with one attached hydrogen (secondary N) is 1. The number of amides is 1. The van der Waals surface area contributed by atoms with Crippen molar-refractivity contribution in [1.82, 2.24) is 24.4 Å². The molecule has 1 amide bonds. The van der Waals surface area contributed by atoms with Crippen LogP contribution in [0.4, 0.5) is 15.2 Å². The molecule has 2 atom stereocenters. The van der Waals surface area contributed by atoms with Crippen LogP contribution >= 0.6 is 0 Å². The number of aromatic nitrogens is 4. The Kier molecular flexibility index (Phi) is 5.65. The Morgan fingerprint density at radius 2 is 1.97 bits per heavy atom. The first kappa shape index (κ1) is 24.0. The lowest BCUT2D eigenvalue weighted by molar-refractivity contribution is 0.0515. The molecule has 0 saturated carbocycles. The Balaban J connectivity index is 1.50. The third-order valence-electron chi connectivity index (χ3n) is 7.30. The molecule has 9 nitrogen and oxygen atoms in total. The van der Waals surface area contributed by atoms with Crippen LogP contribution in [0.2, 0.25) is 0 Å². The number of aryl methyl sites for hydroxylation is 2. The molecule has 2 aromatic heterocycles. The largest absolute Gasteiger partial charge is 0.465 e. The highest BCUT2D eigenvalue weighted by molar-refractivity contribution is 5.86. The highest BCUT2D eigenvalue weighted by Gasteiger charge is 2.39. The number of H-pyrrole nitrogens is 1. The highest BCUT2D eigenvalue weighted by atomic mass is 19.2. The second kappa shape index (κ2) is 8.46. The van der Waals surface area contributed by atoms with E-state index in [1.807, 2.05) is 40.7 Å². The summed E-state index contributed by atoms with van der Waals surface area (Å²) in [4.78, 5) is 38.5. The van der Waals surface area contributed by atoms with Crippen LogP contribution in [0.5, 0.6) is 0 Å². The van der Waals surface area contributed by atoms with Crippen LogP contribution in [0, 0.1) is 19.3 Å². The van der Waals surface area contributed by atoms with Gasteiger partial charge in [-0.1, -0.05) is 25.3 Å². The minimum Gasteiger partial charge on any atom is -0.465 e. The van der Waals surface area contributed by atoms with Gasteiger partial charge in [0.15, 0.2) is 0 Å². The van der Waals surface area contributed by atoms with Crippen molar-refractivity contribution < 1.29 is 14.4 Å². The maximum Gasteiger partial charge on any atom is 0.407 e. The van der Waals surface area contributed by atoms with E-state index in [1.165, 1.54) is 11.1 Å². The maximum absolute atomic E-state index is 14.6. The summed E-state index contributed by atoms with van der Waals surface area (Å²) in [6, 6.07) is 3.51. The molecule has 1 saturated heterocycles. The van der Waals surface area contributed by atoms with Gasteiger partial charge in [0.1, 0.15) is 5.82 Å². The fourth-order valence-electron chi connectivity index (χ4n) is 5.48. The van der Waals surface area contributed by atoms with Crippen LogP contribution in [0.25, 0.3) is 16.5 Å². The molecule has 0 aliphatic carbocycles. The van der Waals surface area contributed by atoms with E-state index < -0.39 is 6.09 Å². The number of carboxylic acid groups (broad SMARTS) is 1. The summed E-state index contributed by atoms with van der Waals surface area (Å²) in [5.74, 6) is 0.776. The summed E-state index contributed by atoms with van der Waals surface area (Å²) in [5.41, 5.74) is 3.15. The number of imidazole rings is 1. The van der Waals surface area contributed by atoms with Crippen LogP contribution in [0.3, 0.4) is 0 Å². The third-order valence-corrected chi connectivity index (χ3v) is 7.30. The number of aromatic amines is 1. The van der Waals surface area contributed by atoms with Crippen LogP contribution in [-0.2, 0) is 6.54 Å². The SMILES string of the molecule is Cc1cn2c(n1)N(F)C=C(c1cc(C)c3nc(C4CCN(C(=O)O)C(C(C)(C)C)C4)[nH]c(=O)c3c1)C2. The van der Waals surface area contributed by atoms with Gasteiger partial charge in [0, 0.05) is 30.9 Å². The van der Waals surface area contributed by atoms with Gasteiger partial charge in [-0.25, -0.2) is 14.8 Å². The summed E-state index contributed by atoms with van der Waals surface area (Å²) in [6.07, 6.45) is 3.47. The van der Waals surface area contributed by atoms with Crippen molar-refractivity contribution in [3.8, 4) is 0 Å². The summed E-state index contributed by atoms with van der Waals surface area (Å²) in [5, 5.41) is 10.6. The van der Waals surface area contributed by atoms with Crippen LogP contribution in [0.15, 0.2) is 29.3 Å². The van der Waals surface area contributed by atoms with Crippen molar-refractivity contribution in [2.45, 2.75) is 66.0 Å². The summed E-state index contributed by atoms with van der Waals surface area (Å²) < 4.78 is 16.4. The minimum atomic E-state index is -0.918. The van der Waals surface area contributed by atoms with E-state index in [2.05, 4.69) is 9.97 Å². The average Bonchev–Trinajstić information content (AvgIpc) is 3.19. The molecule has 0 bridgehead atoms. The Labute approximate surface area is 208 Å². The normalized spacial score (nSPS) is 20.4. The van der Waals surface area contributed by atoms with E-state index >= 15 is 0 Å². The Morgan fingerprint density at radius 3 is 2.67 bits per heavy atom. The number of nitrogens with zero attached hydrogens (tertiary/aromatic N) is 5. The number of hydrogen-bond donors (Lipinski definition) is 2. The number of benzene rings is 1. The fraction of sp³-hybridized carbons (Fsp3) is 0.462. The lowest BCUT2D eigenvalue weighted by Crippen LogP contribution is -2.51. The second-order valence-electron chi connectivity index (χ2n) is 11.0. The number of allylic oxidation sites excluding steroid dienone is 1. The van der Waals surface area contributed by atoms with Crippen molar-refractivity contribution in [1.29, 1.82) is 0 Å². The molecule has 1 aromatic carbocycles. The smallest absolute Gasteiger partial charge is 0.407 e. The predicted molar refractivity (Wildman–Crippen MR) is 136 cm³/mol. The van der Waals surface area contributed by atoms with Crippen LogP contribution < -0.4 is 10.7 Å². The van der Waals surface area contributed by atoms with E-state index in [9.17, 15) is 19.2 Å². The Morgan fingerprint density at radius 1 is 1.22 bits per heavy atom. The Bertz CT molecular complexity index is 1450. The van der Waals surface area contributed by atoms with Crippen LogP contribution in [0.1, 0.15) is 62.2 Å². The second-order valence-corrected chi connectivity index (χ2v) is 11.0. The Hall–Kier alpha value is -3.69. The molecule has 0 radical (unpaired) electrons. The van der Waals surface area contributed by atoms with Gasteiger partial charge in [0.25, 0.3) is 5.56 Å². The van der Waals surface area contributed by atoms with Gasteiger partial charge < -0.3 is 19.6 Å². The average molecular weight is 495 g/mol. The van der Waals surface area contributed by atoms with Crippen molar-refractivity contribution in [3.05, 3.63) is 57.5 Å². The van der Waals surface area contributed by atoms with E-state index in [-0.39, 0.29) is 28.9 Å². The van der Waals surface area contributed by atoms with Gasteiger partial charge in [-0.15, -0.1) is 0 Å². The zero-order valence-electron chi connectivity index (χ0n) is 21.2. The number of halogens is 1. The van der Waals surface area contributed by atoms with E-state index in [0.29, 0.717) is 47.8 Å². The topological polar surface area (TPSA) is 107 Å². The van der Waals surface area contributed by atoms with Gasteiger partial charge in [-0.3, -0.25) is 4.79 Å². The number of hydrogen-bond acceptors (Lipinski definition) is 5. The van der Waals surface area contributed by atoms with Gasteiger partial charge >= 0.3 is 6.09 Å². The summed E-state index contributed by atoms with van der Waals surface area (Å²) >= 11 is 0. The number of carbonyl (C=O) groups is 1. The first-order valence-electron chi connectivity index (χ1n) is 12.2. The standard InChI is InChI=1S/C26H31FN6O3/c1-14-8-17(18-12-31-11-15(2)28-24(31)33(27)13-18)9-19-21(14)29-22(30-23(19)34)16-6-7-32(25(35)36)20(10-16)26(3,4)5/h8-9,11,13,16,20H,6-7,10,12H2,1-5H3,(H,35,36)(H,29,30,34). The minimum absolute atomic E-state index is 0.0509. The molecular formula is C26H31FN6O3. The molecule has 2 N–H and O–H groups in total. The maximum atomic E-state index is 14.6. The lowest BCUT2D eigenvalue weighted by Gasteiger charge is -2.44. The van der Waals surface area contributed by atoms with Gasteiger partial charge in [-0.2, -0.15) is 5.12 Å². The van der Waals surface area contributed by atoms with Crippen molar-refractivity contribution in [2.75, 3.05) is 11.7 Å². The highest BCUT2D eigenvalue weighted by Crippen LogP contribution is 2.38. The number of fused-ring (bicyclic) bond motifs is 2. The lowest BCUT2D eigenvalue weighted by atomic mass is 9.77. The number of rotatable bonds is 2. The van der Waals surface area contributed by atoms with Crippen molar-refractivity contribution in [3.63, 3.8) is 0 Å². The van der Waals surface area contributed by atoms with E-state index in [0.717, 1.165) is 22.4 Å². The number of piperidine rings is 1. The van der Waals surface area contributed by atoms with Gasteiger partial charge in [0.2, 0.25) is 5.95 Å². The van der Waals surface area contributed by atoms with Crippen molar-refractivity contribution in [2.24, 2.45) is 5.41 Å². The van der Waals surface area contributed by atoms with Crippen LogP contribution in [-0.4, -0.2) is 48.2 Å². The number of anilines is 1. The molecular weight excluding hydrogens is 463 g/mol. The first-order chi connectivity index (χ1) is 16.9. The summed E-state index contributed by atoms with van der Waals surface area (Å²) in [7, 11) is 0. The molecule has 1 fully saturated rings. The molecule has 2 unspecified atom stereocenters. The molecule has 36 heavy (non-hydrogen) atoms. The molecule has 2 aliphatic rings. The first-order valence-corrected chi connectivity index (χ1v) is 12.2. The zero-order valence-corrected chi connectivity index (χ0v) is 21.2. The molecule has 5 rings (SSSR count). The fourth-order valence-corrected chi connectivity index (χ4v) is 5.48. The van der Waals surface area contributed by atoms with Gasteiger partial charge in [-0.05, 0) is 60.9 Å². The molecule has 2 aliphatic heterocycles. The monoisotopic (exact) mass is 494 g/mol. The molecule has 10 heteroatoms. The molecule has 4 heterocycles. The third kappa shape index (κ3) is 4.14. The number of likely N-dealkylation sites (tertiary alicyclic amines) is 1. The molecule has 0 spiro atoms. The van der Waals surface area contributed by atoms with E-state index in [1.54, 1.807) is 16.8 Å². The quantitative estimate of drug-likeness (QED) is 0.498. The predicted octanol–water partition coefficient (Wildman–Crippen LogP) is 4.75. The molecule has 190 valence electrons. The molecule has 3 aromatic rings. The van der Waals surface area contributed by atoms with Gasteiger partial charge in [0.05, 0.1) is 23.1 Å². The van der Waals surface area contributed by atoms with Crippen molar-refractivity contribution >= 4 is 28.5 Å². The zero-order chi connectivity index (χ0) is 25.9. The van der Waals surface area contributed by atoms with E-state index in [4.69, 9.17) is 4.98 Å².